The standard InChI is InChI=1S/C26H32N2O6/c1-3-19-8-11-21(12-9-19)27-24(29)17-34-26(31)20-10-13-22(23(16-20)32-4-2)33-18-25(30)28-14-6-5-7-15-28/h8-13,16H,3-7,14-15,17-18H2,1-2H3,(H,27,29). The van der Waals surface area contributed by atoms with E-state index in [1.807, 2.05) is 31.2 Å². The molecular formula is C26H32N2O6. The van der Waals surface area contributed by atoms with Crippen molar-refractivity contribution in [3.63, 3.8) is 0 Å². The number of ether oxygens (including phenoxy) is 3. The summed E-state index contributed by atoms with van der Waals surface area (Å²) < 4.78 is 16.4. The number of benzene rings is 2. The molecule has 3 rings (SSSR count). The molecule has 8 heteroatoms. The molecule has 0 saturated carbocycles. The van der Waals surface area contributed by atoms with Crippen LogP contribution in [0.3, 0.4) is 0 Å². The first-order valence-electron chi connectivity index (χ1n) is 11.7. The van der Waals surface area contributed by atoms with Crippen LogP contribution in [0.25, 0.3) is 0 Å². The van der Waals surface area contributed by atoms with Crippen molar-refractivity contribution in [1.82, 2.24) is 4.90 Å². The lowest BCUT2D eigenvalue weighted by molar-refractivity contribution is -0.134. The van der Waals surface area contributed by atoms with Gasteiger partial charge in [0.2, 0.25) is 0 Å². The molecule has 2 amide bonds. The number of nitrogens with one attached hydrogen (secondary N) is 1. The zero-order chi connectivity index (χ0) is 24.3. The van der Waals surface area contributed by atoms with Gasteiger partial charge in [0.15, 0.2) is 24.7 Å². The third kappa shape index (κ3) is 7.23. The maximum atomic E-state index is 12.5. The number of hydrogen-bond acceptors (Lipinski definition) is 6. The summed E-state index contributed by atoms with van der Waals surface area (Å²) in [5.74, 6) is -0.450. The minimum absolute atomic E-state index is 0.0685. The third-order valence-electron chi connectivity index (χ3n) is 5.52. The number of anilines is 1. The Morgan fingerprint density at radius 2 is 1.62 bits per heavy atom. The molecule has 0 atom stereocenters. The number of rotatable bonds is 10. The summed E-state index contributed by atoms with van der Waals surface area (Å²) in [5, 5.41) is 2.70. The van der Waals surface area contributed by atoms with Gasteiger partial charge in [0.1, 0.15) is 0 Å². The molecule has 8 nitrogen and oxygen atoms in total. The van der Waals surface area contributed by atoms with Crippen molar-refractivity contribution < 1.29 is 28.6 Å². The summed E-state index contributed by atoms with van der Waals surface area (Å²) in [6, 6.07) is 12.1. The van der Waals surface area contributed by atoms with Crippen LogP contribution in [-0.4, -0.2) is 55.6 Å². The minimum atomic E-state index is -0.659. The van der Waals surface area contributed by atoms with Crippen LogP contribution in [0.4, 0.5) is 5.69 Å². The topological polar surface area (TPSA) is 94.2 Å². The number of nitrogens with zero attached hydrogens (tertiary/aromatic N) is 1. The van der Waals surface area contributed by atoms with Gasteiger partial charge in [-0.05, 0) is 68.5 Å². The monoisotopic (exact) mass is 468 g/mol. The third-order valence-corrected chi connectivity index (χ3v) is 5.52. The smallest absolute Gasteiger partial charge is 0.338 e. The van der Waals surface area contributed by atoms with Crippen LogP contribution in [0.1, 0.15) is 49.0 Å². The number of amides is 2. The molecule has 182 valence electrons. The Morgan fingerprint density at radius 1 is 0.882 bits per heavy atom. The molecule has 2 aromatic rings. The van der Waals surface area contributed by atoms with Gasteiger partial charge in [-0.25, -0.2) is 4.79 Å². The average Bonchev–Trinajstić information content (AvgIpc) is 2.87. The van der Waals surface area contributed by atoms with E-state index in [4.69, 9.17) is 14.2 Å². The minimum Gasteiger partial charge on any atom is -0.490 e. The first kappa shape index (κ1) is 25.1. The van der Waals surface area contributed by atoms with Crippen molar-refractivity contribution >= 4 is 23.5 Å². The van der Waals surface area contributed by atoms with Crippen LogP contribution in [0.5, 0.6) is 11.5 Å². The predicted molar refractivity (Wildman–Crippen MR) is 128 cm³/mol. The summed E-state index contributed by atoms with van der Waals surface area (Å²) in [4.78, 5) is 38.8. The Morgan fingerprint density at radius 3 is 2.29 bits per heavy atom. The van der Waals surface area contributed by atoms with Crippen molar-refractivity contribution in [3.05, 3.63) is 53.6 Å². The van der Waals surface area contributed by atoms with Gasteiger partial charge in [-0.2, -0.15) is 0 Å². The molecule has 0 aliphatic carbocycles. The van der Waals surface area contributed by atoms with E-state index in [2.05, 4.69) is 12.2 Å². The van der Waals surface area contributed by atoms with E-state index >= 15 is 0 Å². The number of piperidine rings is 1. The van der Waals surface area contributed by atoms with Gasteiger partial charge >= 0.3 is 5.97 Å². The zero-order valence-corrected chi connectivity index (χ0v) is 19.8. The molecule has 0 radical (unpaired) electrons. The van der Waals surface area contributed by atoms with Crippen LogP contribution in [0, 0.1) is 0 Å². The molecule has 1 aliphatic rings. The molecule has 2 aromatic carbocycles. The van der Waals surface area contributed by atoms with Gasteiger partial charge in [-0.1, -0.05) is 19.1 Å². The second-order valence-electron chi connectivity index (χ2n) is 8.00. The van der Waals surface area contributed by atoms with Crippen LogP contribution in [0.15, 0.2) is 42.5 Å². The second kappa shape index (κ2) is 12.6. The predicted octanol–water partition coefficient (Wildman–Crippen LogP) is 3.83. The maximum Gasteiger partial charge on any atom is 0.338 e. The number of carbonyl (C=O) groups excluding carboxylic acids is 3. The van der Waals surface area contributed by atoms with E-state index in [0.717, 1.165) is 44.3 Å². The van der Waals surface area contributed by atoms with E-state index in [1.165, 1.54) is 12.1 Å². The fourth-order valence-corrected chi connectivity index (χ4v) is 3.63. The highest BCUT2D eigenvalue weighted by Gasteiger charge is 2.19. The van der Waals surface area contributed by atoms with Gasteiger partial charge in [0.25, 0.3) is 11.8 Å². The Labute approximate surface area is 200 Å². The molecule has 34 heavy (non-hydrogen) atoms. The van der Waals surface area contributed by atoms with E-state index in [0.29, 0.717) is 23.8 Å². The molecule has 1 N–H and O–H groups in total. The molecule has 0 unspecified atom stereocenters. The fraction of sp³-hybridized carbons (Fsp3) is 0.423. The lowest BCUT2D eigenvalue weighted by Crippen LogP contribution is -2.38. The van der Waals surface area contributed by atoms with Gasteiger partial charge < -0.3 is 24.4 Å². The van der Waals surface area contributed by atoms with Crippen molar-refractivity contribution in [1.29, 1.82) is 0 Å². The first-order chi connectivity index (χ1) is 16.5. The van der Waals surface area contributed by atoms with Crippen molar-refractivity contribution in [3.8, 4) is 11.5 Å². The molecular weight excluding hydrogens is 436 g/mol. The van der Waals surface area contributed by atoms with Crippen LogP contribution in [-0.2, 0) is 20.7 Å². The number of likely N-dealkylation sites (tertiary alicyclic amines) is 1. The molecule has 1 fully saturated rings. The second-order valence-corrected chi connectivity index (χ2v) is 8.00. The lowest BCUT2D eigenvalue weighted by atomic mass is 10.1. The Bertz CT molecular complexity index is 983. The van der Waals surface area contributed by atoms with Crippen LogP contribution < -0.4 is 14.8 Å². The summed E-state index contributed by atoms with van der Waals surface area (Å²) >= 11 is 0. The molecule has 0 bridgehead atoms. The molecule has 0 spiro atoms. The highest BCUT2D eigenvalue weighted by atomic mass is 16.5. The lowest BCUT2D eigenvalue weighted by Gasteiger charge is -2.26. The van der Waals surface area contributed by atoms with Crippen molar-refractivity contribution in [2.24, 2.45) is 0 Å². The highest BCUT2D eigenvalue weighted by molar-refractivity contribution is 5.95. The quantitative estimate of drug-likeness (QED) is 0.533. The Kier molecular flexibility index (Phi) is 9.31. The molecule has 0 aromatic heterocycles. The summed E-state index contributed by atoms with van der Waals surface area (Å²) in [7, 11) is 0. The van der Waals surface area contributed by atoms with E-state index < -0.39 is 18.5 Å². The number of carbonyl (C=O) groups is 3. The summed E-state index contributed by atoms with van der Waals surface area (Å²) in [6.07, 6.45) is 4.07. The largest absolute Gasteiger partial charge is 0.490 e. The van der Waals surface area contributed by atoms with Gasteiger partial charge in [0, 0.05) is 18.8 Å². The van der Waals surface area contributed by atoms with Crippen molar-refractivity contribution in [2.45, 2.75) is 39.5 Å². The molecule has 1 heterocycles. The van der Waals surface area contributed by atoms with Gasteiger partial charge in [0.05, 0.1) is 12.2 Å². The van der Waals surface area contributed by atoms with Gasteiger partial charge in [-0.15, -0.1) is 0 Å². The number of aryl methyl sites for hydroxylation is 1. The maximum absolute atomic E-state index is 12.5. The molecule has 1 aliphatic heterocycles. The Hall–Kier alpha value is -3.55. The Balaban J connectivity index is 1.54. The highest BCUT2D eigenvalue weighted by Crippen LogP contribution is 2.29. The summed E-state index contributed by atoms with van der Waals surface area (Å²) in [5.41, 5.74) is 2.02. The van der Waals surface area contributed by atoms with Crippen LogP contribution in [0.2, 0.25) is 0 Å². The SMILES string of the molecule is CCOc1cc(C(=O)OCC(=O)Nc2ccc(CC)cc2)ccc1OCC(=O)N1CCCCC1. The van der Waals surface area contributed by atoms with E-state index in [9.17, 15) is 14.4 Å². The molecule has 1 saturated heterocycles. The van der Waals surface area contributed by atoms with E-state index in [1.54, 1.807) is 11.0 Å². The first-order valence-corrected chi connectivity index (χ1v) is 11.7. The average molecular weight is 469 g/mol. The normalized spacial score (nSPS) is 13.2. The summed E-state index contributed by atoms with van der Waals surface area (Å²) in [6.45, 7) is 5.22. The number of hydrogen-bond donors (Lipinski definition) is 1. The van der Waals surface area contributed by atoms with Crippen LogP contribution >= 0.6 is 0 Å². The number of esters is 1. The van der Waals surface area contributed by atoms with E-state index in [-0.39, 0.29) is 18.1 Å². The van der Waals surface area contributed by atoms with Crippen molar-refractivity contribution in [2.75, 3.05) is 38.2 Å². The fourth-order valence-electron chi connectivity index (χ4n) is 3.63. The van der Waals surface area contributed by atoms with Gasteiger partial charge in [-0.3, -0.25) is 9.59 Å². The zero-order valence-electron chi connectivity index (χ0n) is 19.8.